The summed E-state index contributed by atoms with van der Waals surface area (Å²) >= 11 is 0. The van der Waals surface area contributed by atoms with Crippen molar-refractivity contribution in [2.24, 2.45) is 0 Å². The molecule has 0 aliphatic heterocycles. The summed E-state index contributed by atoms with van der Waals surface area (Å²) < 4.78 is 1.82. The molecule has 0 spiro atoms. The molecule has 4 rings (SSSR count). The first-order valence-corrected chi connectivity index (χ1v) is 8.47. The lowest BCUT2D eigenvalue weighted by atomic mass is 10.1. The quantitative estimate of drug-likeness (QED) is 0.669. The Kier molecular flexibility index (Phi) is 4.37. The molecule has 7 heteroatoms. The highest BCUT2D eigenvalue weighted by atomic mass is 16.3. The number of nitrogens with one attached hydrogen (secondary N) is 2. The lowest BCUT2D eigenvalue weighted by molar-refractivity contribution is 0.142. The first-order valence-electron chi connectivity index (χ1n) is 8.47. The first kappa shape index (κ1) is 16.3. The zero-order valence-electron chi connectivity index (χ0n) is 14.0. The van der Waals surface area contributed by atoms with Crippen molar-refractivity contribution in [3.63, 3.8) is 0 Å². The van der Waals surface area contributed by atoms with Crippen molar-refractivity contribution in [2.45, 2.75) is 25.1 Å². The van der Waals surface area contributed by atoms with Gasteiger partial charge in [-0.3, -0.25) is 4.57 Å². The number of hydrogen-bond acceptors (Lipinski definition) is 4. The molecule has 1 heterocycles. The third-order valence-corrected chi connectivity index (χ3v) is 4.55. The number of aromatic nitrogens is 3. The van der Waals surface area contributed by atoms with E-state index in [1.165, 1.54) is 0 Å². The van der Waals surface area contributed by atoms with Gasteiger partial charge in [-0.15, -0.1) is 10.2 Å². The second-order valence-electron chi connectivity index (χ2n) is 6.23. The van der Waals surface area contributed by atoms with Gasteiger partial charge in [0.25, 0.3) is 0 Å². The predicted octanol–water partition coefficient (Wildman–Crippen LogP) is 1.72. The first-order chi connectivity index (χ1) is 12.7. The standard InChI is InChI=1S/C19H19N5O2/c25-16-10-13-6-4-5-9-15(13)18(16)22-19(26)20-11-17-23-21-12-24(17)14-7-2-1-3-8-14/h1-9,12,16,18,25H,10-11H2,(H2,20,22,26)/t16-,18-/m0/s1. The molecule has 1 aromatic heterocycles. The van der Waals surface area contributed by atoms with E-state index in [-0.39, 0.29) is 12.6 Å². The minimum Gasteiger partial charge on any atom is -0.390 e. The van der Waals surface area contributed by atoms with Crippen LogP contribution >= 0.6 is 0 Å². The van der Waals surface area contributed by atoms with Gasteiger partial charge in [-0.2, -0.15) is 0 Å². The number of nitrogens with zero attached hydrogens (tertiary/aromatic N) is 3. The minimum absolute atomic E-state index is 0.227. The molecule has 0 unspecified atom stereocenters. The summed E-state index contributed by atoms with van der Waals surface area (Å²) in [6.07, 6.45) is 1.54. The van der Waals surface area contributed by atoms with Crippen LogP contribution in [-0.4, -0.2) is 32.0 Å². The Morgan fingerprint density at radius 1 is 1.15 bits per heavy atom. The fraction of sp³-hybridized carbons (Fsp3) is 0.211. The SMILES string of the molecule is O=C(NCc1nncn1-c1ccccc1)N[C@H]1c2ccccc2C[C@@H]1O. The molecule has 0 bridgehead atoms. The number of amides is 2. The Hall–Kier alpha value is -3.19. The van der Waals surface area contributed by atoms with Crippen LogP contribution in [0, 0.1) is 0 Å². The van der Waals surface area contributed by atoms with Crippen LogP contribution < -0.4 is 10.6 Å². The molecule has 2 amide bonds. The molecule has 1 aliphatic carbocycles. The molecule has 2 aromatic carbocycles. The Morgan fingerprint density at radius 2 is 1.92 bits per heavy atom. The number of urea groups is 1. The molecule has 26 heavy (non-hydrogen) atoms. The monoisotopic (exact) mass is 349 g/mol. The molecular formula is C19H19N5O2. The van der Waals surface area contributed by atoms with Crippen LogP contribution in [0.15, 0.2) is 60.9 Å². The third kappa shape index (κ3) is 3.16. The summed E-state index contributed by atoms with van der Waals surface area (Å²) in [5.41, 5.74) is 2.95. The Balaban J connectivity index is 1.41. The van der Waals surface area contributed by atoms with Crippen molar-refractivity contribution in [2.75, 3.05) is 0 Å². The summed E-state index contributed by atoms with van der Waals surface area (Å²) in [6, 6.07) is 16.7. The molecule has 132 valence electrons. The number of carbonyl (C=O) groups excluding carboxylic acids is 1. The molecule has 0 saturated carbocycles. The normalized spacial score (nSPS) is 18.3. The van der Waals surface area contributed by atoms with E-state index in [9.17, 15) is 9.90 Å². The van der Waals surface area contributed by atoms with E-state index in [1.807, 2.05) is 59.2 Å². The Labute approximate surface area is 150 Å². The zero-order valence-corrected chi connectivity index (χ0v) is 14.0. The van der Waals surface area contributed by atoms with E-state index in [0.717, 1.165) is 16.8 Å². The molecule has 0 saturated heterocycles. The summed E-state index contributed by atoms with van der Waals surface area (Å²) in [6.45, 7) is 0.227. The maximum atomic E-state index is 12.3. The van der Waals surface area contributed by atoms with Gasteiger partial charge in [-0.25, -0.2) is 4.79 Å². The average molecular weight is 349 g/mol. The second kappa shape index (κ2) is 6.97. The minimum atomic E-state index is -0.619. The summed E-state index contributed by atoms with van der Waals surface area (Å²) in [4.78, 5) is 12.3. The van der Waals surface area contributed by atoms with E-state index in [2.05, 4.69) is 20.8 Å². The van der Waals surface area contributed by atoms with Crippen LogP contribution in [0.5, 0.6) is 0 Å². The lowest BCUT2D eigenvalue weighted by Crippen LogP contribution is -2.40. The molecule has 1 aliphatic rings. The van der Waals surface area contributed by atoms with Gasteiger partial charge in [-0.1, -0.05) is 42.5 Å². The molecule has 3 N–H and O–H groups in total. The van der Waals surface area contributed by atoms with Crippen molar-refractivity contribution in [3.8, 4) is 5.69 Å². The van der Waals surface area contributed by atoms with Crippen molar-refractivity contribution in [1.82, 2.24) is 25.4 Å². The molecule has 3 aromatic rings. The maximum absolute atomic E-state index is 12.3. The highest BCUT2D eigenvalue weighted by Crippen LogP contribution is 2.31. The van der Waals surface area contributed by atoms with Crippen molar-refractivity contribution in [1.29, 1.82) is 0 Å². The van der Waals surface area contributed by atoms with Gasteiger partial charge in [0.1, 0.15) is 6.33 Å². The molecular weight excluding hydrogens is 330 g/mol. The Bertz CT molecular complexity index is 909. The van der Waals surface area contributed by atoms with Crippen molar-refractivity contribution < 1.29 is 9.90 Å². The lowest BCUT2D eigenvalue weighted by Gasteiger charge is -2.18. The van der Waals surface area contributed by atoms with Gasteiger partial charge in [-0.05, 0) is 23.3 Å². The van der Waals surface area contributed by atoms with Gasteiger partial charge >= 0.3 is 6.03 Å². The van der Waals surface area contributed by atoms with Gasteiger partial charge in [0.15, 0.2) is 5.82 Å². The zero-order chi connectivity index (χ0) is 17.9. The predicted molar refractivity (Wildman–Crippen MR) is 95.6 cm³/mol. The summed E-state index contributed by atoms with van der Waals surface area (Å²) in [5.74, 6) is 0.624. The smallest absolute Gasteiger partial charge is 0.315 e. The highest BCUT2D eigenvalue weighted by Gasteiger charge is 2.31. The van der Waals surface area contributed by atoms with Crippen LogP contribution in [0.2, 0.25) is 0 Å². The van der Waals surface area contributed by atoms with E-state index >= 15 is 0 Å². The molecule has 0 fully saturated rings. The van der Waals surface area contributed by atoms with Gasteiger partial charge in [0, 0.05) is 12.1 Å². The number of aliphatic hydroxyl groups is 1. The number of rotatable bonds is 4. The number of benzene rings is 2. The number of aliphatic hydroxyl groups excluding tert-OH is 1. The van der Waals surface area contributed by atoms with E-state index < -0.39 is 12.1 Å². The van der Waals surface area contributed by atoms with Gasteiger partial charge in [0.2, 0.25) is 0 Å². The van der Waals surface area contributed by atoms with Crippen LogP contribution in [-0.2, 0) is 13.0 Å². The number of para-hydroxylation sites is 1. The highest BCUT2D eigenvalue weighted by molar-refractivity contribution is 5.74. The van der Waals surface area contributed by atoms with Crippen LogP contribution in [0.3, 0.4) is 0 Å². The number of fused-ring (bicyclic) bond motifs is 1. The topological polar surface area (TPSA) is 92.1 Å². The Morgan fingerprint density at radius 3 is 2.77 bits per heavy atom. The summed E-state index contributed by atoms with van der Waals surface area (Å²) in [7, 11) is 0. The fourth-order valence-corrected chi connectivity index (χ4v) is 3.28. The van der Waals surface area contributed by atoms with E-state index in [1.54, 1.807) is 6.33 Å². The van der Waals surface area contributed by atoms with E-state index in [0.29, 0.717) is 12.2 Å². The largest absolute Gasteiger partial charge is 0.390 e. The van der Waals surface area contributed by atoms with Crippen LogP contribution in [0.1, 0.15) is 23.0 Å². The second-order valence-corrected chi connectivity index (χ2v) is 6.23. The van der Waals surface area contributed by atoms with Gasteiger partial charge < -0.3 is 15.7 Å². The molecule has 0 radical (unpaired) electrons. The fourth-order valence-electron chi connectivity index (χ4n) is 3.28. The number of hydrogen-bond donors (Lipinski definition) is 3. The van der Waals surface area contributed by atoms with Gasteiger partial charge in [0.05, 0.1) is 18.7 Å². The van der Waals surface area contributed by atoms with Crippen molar-refractivity contribution in [3.05, 3.63) is 77.9 Å². The van der Waals surface area contributed by atoms with Crippen LogP contribution in [0.25, 0.3) is 5.69 Å². The average Bonchev–Trinajstić information content (AvgIpc) is 3.25. The number of carbonyl (C=O) groups is 1. The summed E-state index contributed by atoms with van der Waals surface area (Å²) in [5, 5.41) is 23.9. The molecule has 7 nitrogen and oxygen atoms in total. The van der Waals surface area contributed by atoms with Crippen LogP contribution in [0.4, 0.5) is 4.79 Å². The van der Waals surface area contributed by atoms with Crippen molar-refractivity contribution >= 4 is 6.03 Å². The maximum Gasteiger partial charge on any atom is 0.315 e. The molecule has 2 atom stereocenters. The third-order valence-electron chi connectivity index (χ3n) is 4.55. The van der Waals surface area contributed by atoms with E-state index in [4.69, 9.17) is 0 Å².